The lowest BCUT2D eigenvalue weighted by Crippen LogP contribution is -2.19. The molecule has 2 N–H and O–H groups in total. The third kappa shape index (κ3) is 3.50. The second-order valence-electron chi connectivity index (χ2n) is 4.96. The van der Waals surface area contributed by atoms with E-state index < -0.39 is 5.91 Å². The zero-order valence-corrected chi connectivity index (χ0v) is 13.5. The maximum atomic E-state index is 12.0. The van der Waals surface area contributed by atoms with E-state index in [0.717, 1.165) is 5.56 Å². The van der Waals surface area contributed by atoms with Crippen molar-refractivity contribution in [3.8, 4) is 0 Å². The smallest absolute Gasteiger partial charge is 0.340 e. The molecule has 0 aliphatic heterocycles. The van der Waals surface area contributed by atoms with Crippen LogP contribution in [0.25, 0.3) is 0 Å². The van der Waals surface area contributed by atoms with Crippen molar-refractivity contribution < 1.29 is 18.7 Å². The van der Waals surface area contributed by atoms with E-state index >= 15 is 0 Å². The number of hydrazone groups is 1. The summed E-state index contributed by atoms with van der Waals surface area (Å²) in [6.45, 7) is 7.39. The maximum Gasteiger partial charge on any atom is 0.340 e. The van der Waals surface area contributed by atoms with Crippen LogP contribution in [0.3, 0.4) is 0 Å². The van der Waals surface area contributed by atoms with E-state index in [1.165, 1.54) is 6.26 Å². The number of carbonyl (C=O) groups excluding carboxylic acids is 2. The maximum absolute atomic E-state index is 12.0. The Labute approximate surface area is 133 Å². The molecule has 7 nitrogen and oxygen atoms in total. The summed E-state index contributed by atoms with van der Waals surface area (Å²) in [6, 6.07) is 3.17. The van der Waals surface area contributed by atoms with Gasteiger partial charge in [0.05, 0.1) is 29.8 Å². The summed E-state index contributed by atoms with van der Waals surface area (Å²) in [7, 11) is 0. The highest BCUT2D eigenvalue weighted by atomic mass is 16.5. The first-order valence-corrected chi connectivity index (χ1v) is 7.20. The van der Waals surface area contributed by atoms with Crippen molar-refractivity contribution in [2.75, 3.05) is 6.61 Å². The molecule has 2 rings (SSSR count). The predicted octanol–water partition coefficient (Wildman–Crippen LogP) is 2.56. The van der Waals surface area contributed by atoms with Crippen LogP contribution in [-0.2, 0) is 4.74 Å². The Balaban J connectivity index is 2.21. The number of nitrogens with zero attached hydrogens (tertiary/aromatic N) is 1. The van der Waals surface area contributed by atoms with E-state index in [9.17, 15) is 9.59 Å². The molecule has 0 saturated carbocycles. The quantitative estimate of drug-likeness (QED) is 0.503. The first-order chi connectivity index (χ1) is 11.0. The number of aromatic nitrogens is 1. The molecule has 0 saturated heterocycles. The summed E-state index contributed by atoms with van der Waals surface area (Å²) >= 11 is 0. The van der Waals surface area contributed by atoms with Crippen LogP contribution in [0.5, 0.6) is 0 Å². The highest BCUT2D eigenvalue weighted by molar-refractivity contribution is 6.03. The Morgan fingerprint density at radius 3 is 2.74 bits per heavy atom. The van der Waals surface area contributed by atoms with E-state index in [0.29, 0.717) is 29.3 Å². The average molecular weight is 317 g/mol. The third-order valence-electron chi connectivity index (χ3n) is 3.35. The summed E-state index contributed by atoms with van der Waals surface area (Å²) in [5.74, 6) is -0.647. The summed E-state index contributed by atoms with van der Waals surface area (Å²) in [5, 5.41) is 4.04. The first-order valence-electron chi connectivity index (χ1n) is 7.20. The number of carbonyl (C=O) groups is 2. The molecule has 0 radical (unpaired) electrons. The number of H-pyrrole nitrogens is 1. The molecule has 0 fully saturated rings. The first kappa shape index (κ1) is 16.5. The molecular weight excluding hydrogens is 298 g/mol. The number of rotatable bonds is 5. The van der Waals surface area contributed by atoms with Crippen LogP contribution >= 0.6 is 0 Å². The van der Waals surface area contributed by atoms with Gasteiger partial charge in [-0.25, -0.2) is 10.2 Å². The van der Waals surface area contributed by atoms with Crippen molar-refractivity contribution in [3.63, 3.8) is 0 Å². The number of ether oxygens (including phenoxy) is 1. The van der Waals surface area contributed by atoms with Crippen LogP contribution in [0.4, 0.5) is 0 Å². The molecule has 122 valence electrons. The minimum Gasteiger partial charge on any atom is -0.462 e. The van der Waals surface area contributed by atoms with Gasteiger partial charge in [0.2, 0.25) is 0 Å². The second kappa shape index (κ2) is 6.95. The van der Waals surface area contributed by atoms with Crippen LogP contribution in [0.15, 0.2) is 27.9 Å². The number of aromatic amines is 1. The van der Waals surface area contributed by atoms with E-state index in [4.69, 9.17) is 9.15 Å². The summed E-state index contributed by atoms with van der Waals surface area (Å²) in [6.07, 6.45) is 1.41. The van der Waals surface area contributed by atoms with Crippen molar-refractivity contribution >= 4 is 17.6 Å². The van der Waals surface area contributed by atoms with Gasteiger partial charge in [-0.2, -0.15) is 5.10 Å². The Bertz CT molecular complexity index is 742. The van der Waals surface area contributed by atoms with Gasteiger partial charge in [-0.15, -0.1) is 0 Å². The molecule has 1 amide bonds. The van der Waals surface area contributed by atoms with Crippen molar-refractivity contribution in [1.29, 1.82) is 0 Å². The highest BCUT2D eigenvalue weighted by Gasteiger charge is 2.20. The van der Waals surface area contributed by atoms with Crippen molar-refractivity contribution in [3.05, 3.63) is 46.7 Å². The molecule has 7 heteroatoms. The van der Waals surface area contributed by atoms with Gasteiger partial charge in [-0.3, -0.25) is 4.79 Å². The zero-order valence-electron chi connectivity index (χ0n) is 13.5. The third-order valence-corrected chi connectivity index (χ3v) is 3.35. The molecule has 0 bridgehead atoms. The molecule has 0 aromatic carbocycles. The fourth-order valence-electron chi connectivity index (χ4n) is 2.27. The van der Waals surface area contributed by atoms with Gasteiger partial charge in [0.1, 0.15) is 0 Å². The Hall–Kier alpha value is -2.83. The molecule has 2 heterocycles. The SMILES string of the molecule is CCOC(=O)c1c(C)[nH]c(/C(C)=N/NC(=O)c2ccco2)c1C. The van der Waals surface area contributed by atoms with Crippen LogP contribution in [0.1, 0.15) is 51.7 Å². The summed E-state index contributed by atoms with van der Waals surface area (Å²) < 4.78 is 10.0. The topological polar surface area (TPSA) is 96.7 Å². The Morgan fingerprint density at radius 2 is 2.13 bits per heavy atom. The normalized spacial score (nSPS) is 11.4. The largest absolute Gasteiger partial charge is 0.462 e. The number of furan rings is 1. The Morgan fingerprint density at radius 1 is 1.39 bits per heavy atom. The van der Waals surface area contributed by atoms with Crippen LogP contribution < -0.4 is 5.43 Å². The number of aryl methyl sites for hydroxylation is 1. The molecule has 0 aliphatic carbocycles. The highest BCUT2D eigenvalue weighted by Crippen LogP contribution is 2.19. The van der Waals surface area contributed by atoms with Crippen molar-refractivity contribution in [2.24, 2.45) is 5.10 Å². The standard InChI is InChI=1S/C16H19N3O4/c1-5-22-16(21)13-9(2)14(17-10(13)3)11(4)18-19-15(20)12-7-6-8-23-12/h6-8,17H,5H2,1-4H3,(H,19,20)/b18-11+. The summed E-state index contributed by atoms with van der Waals surface area (Å²) in [4.78, 5) is 26.9. The lowest BCUT2D eigenvalue weighted by molar-refractivity contribution is 0.0525. The fourth-order valence-corrected chi connectivity index (χ4v) is 2.27. The monoisotopic (exact) mass is 317 g/mol. The molecule has 2 aromatic heterocycles. The van der Waals surface area contributed by atoms with E-state index in [2.05, 4.69) is 15.5 Å². The van der Waals surface area contributed by atoms with E-state index in [1.807, 2.05) is 0 Å². The van der Waals surface area contributed by atoms with Crippen molar-refractivity contribution in [2.45, 2.75) is 27.7 Å². The molecule has 23 heavy (non-hydrogen) atoms. The minimum absolute atomic E-state index is 0.174. The van der Waals surface area contributed by atoms with Crippen LogP contribution in [0.2, 0.25) is 0 Å². The number of nitrogens with one attached hydrogen (secondary N) is 2. The molecule has 0 atom stereocenters. The second-order valence-corrected chi connectivity index (χ2v) is 4.96. The van der Waals surface area contributed by atoms with E-state index in [1.54, 1.807) is 39.8 Å². The fraction of sp³-hybridized carbons (Fsp3) is 0.312. The minimum atomic E-state index is -0.444. The lowest BCUT2D eigenvalue weighted by atomic mass is 10.1. The molecule has 0 spiro atoms. The van der Waals surface area contributed by atoms with Gasteiger partial charge in [0.25, 0.3) is 0 Å². The van der Waals surface area contributed by atoms with Gasteiger partial charge in [0.15, 0.2) is 5.76 Å². The molecule has 0 unspecified atom stereocenters. The molecular formula is C16H19N3O4. The van der Waals surface area contributed by atoms with E-state index in [-0.39, 0.29) is 11.7 Å². The molecule has 0 aliphatic rings. The number of esters is 1. The van der Waals surface area contributed by atoms with Gasteiger partial charge in [0, 0.05) is 5.69 Å². The predicted molar refractivity (Wildman–Crippen MR) is 84.6 cm³/mol. The number of hydrogen-bond donors (Lipinski definition) is 2. The van der Waals surface area contributed by atoms with Gasteiger partial charge in [-0.05, 0) is 45.4 Å². The van der Waals surface area contributed by atoms with Gasteiger partial charge < -0.3 is 14.1 Å². The van der Waals surface area contributed by atoms with Crippen molar-refractivity contribution in [1.82, 2.24) is 10.4 Å². The average Bonchev–Trinajstić information content (AvgIpc) is 3.13. The van der Waals surface area contributed by atoms with Crippen LogP contribution in [-0.4, -0.2) is 29.2 Å². The molecule has 2 aromatic rings. The number of amides is 1. The van der Waals surface area contributed by atoms with Gasteiger partial charge in [-0.1, -0.05) is 0 Å². The number of hydrogen-bond acceptors (Lipinski definition) is 5. The zero-order chi connectivity index (χ0) is 17.0. The lowest BCUT2D eigenvalue weighted by Gasteiger charge is -2.03. The van der Waals surface area contributed by atoms with Gasteiger partial charge >= 0.3 is 11.9 Å². The summed E-state index contributed by atoms with van der Waals surface area (Å²) in [5.41, 5.74) is 5.55. The van der Waals surface area contributed by atoms with Crippen LogP contribution in [0, 0.1) is 13.8 Å². The Kier molecular flexibility index (Phi) is 5.00.